The topological polar surface area (TPSA) is 46.9 Å². The number of carbonyl (C=O) groups is 1. The summed E-state index contributed by atoms with van der Waals surface area (Å²) >= 11 is 11.8. The number of hydrogen-bond acceptors (Lipinski definition) is 2. The second-order valence-electron chi connectivity index (χ2n) is 4.05. The van der Waals surface area contributed by atoms with Crippen LogP contribution in [0.5, 0.6) is 0 Å². The quantitative estimate of drug-likeness (QED) is 0.937. The Morgan fingerprint density at radius 2 is 2.00 bits per heavy atom. The SMILES string of the molecule is CCC(=O)Nc1nn(Cc2ccc(Cl)cc2)cc1Cl. The molecule has 0 aliphatic heterocycles. The molecule has 2 rings (SSSR count). The second kappa shape index (κ2) is 6.08. The molecule has 0 aliphatic rings. The number of halogens is 2. The Labute approximate surface area is 121 Å². The highest BCUT2D eigenvalue weighted by Crippen LogP contribution is 2.20. The Morgan fingerprint density at radius 3 is 2.63 bits per heavy atom. The summed E-state index contributed by atoms with van der Waals surface area (Å²) in [6, 6.07) is 7.48. The van der Waals surface area contributed by atoms with Gasteiger partial charge >= 0.3 is 0 Å². The number of carbonyl (C=O) groups excluding carboxylic acids is 1. The summed E-state index contributed by atoms with van der Waals surface area (Å²) < 4.78 is 1.68. The summed E-state index contributed by atoms with van der Waals surface area (Å²) in [5.41, 5.74) is 1.05. The van der Waals surface area contributed by atoms with E-state index in [-0.39, 0.29) is 5.91 Å². The molecule has 0 aliphatic carbocycles. The standard InChI is InChI=1S/C13H13Cl2N3O/c1-2-12(19)16-13-11(15)8-18(17-13)7-9-3-5-10(14)6-4-9/h3-6,8H,2,7H2,1H3,(H,16,17,19). The van der Waals surface area contributed by atoms with Crippen LogP contribution in [-0.4, -0.2) is 15.7 Å². The maximum atomic E-state index is 11.3. The first-order chi connectivity index (χ1) is 9.08. The van der Waals surface area contributed by atoms with Gasteiger partial charge in [0.25, 0.3) is 0 Å². The van der Waals surface area contributed by atoms with Crippen molar-refractivity contribution in [3.63, 3.8) is 0 Å². The predicted molar refractivity (Wildman–Crippen MR) is 76.7 cm³/mol. The Morgan fingerprint density at radius 1 is 1.32 bits per heavy atom. The van der Waals surface area contributed by atoms with Gasteiger partial charge in [-0.3, -0.25) is 9.48 Å². The van der Waals surface area contributed by atoms with Crippen LogP contribution < -0.4 is 5.32 Å². The van der Waals surface area contributed by atoms with Crippen LogP contribution in [0.15, 0.2) is 30.5 Å². The molecule has 1 N–H and O–H groups in total. The van der Waals surface area contributed by atoms with E-state index in [2.05, 4.69) is 10.4 Å². The van der Waals surface area contributed by atoms with E-state index >= 15 is 0 Å². The zero-order valence-corrected chi connectivity index (χ0v) is 11.9. The molecule has 0 radical (unpaired) electrons. The van der Waals surface area contributed by atoms with Gasteiger partial charge in [0.1, 0.15) is 5.02 Å². The second-order valence-corrected chi connectivity index (χ2v) is 4.90. The molecule has 0 saturated carbocycles. The third-order valence-electron chi connectivity index (χ3n) is 2.55. The van der Waals surface area contributed by atoms with E-state index in [9.17, 15) is 4.79 Å². The molecule has 0 spiro atoms. The van der Waals surface area contributed by atoms with Crippen molar-refractivity contribution in [2.45, 2.75) is 19.9 Å². The first-order valence-corrected chi connectivity index (χ1v) is 6.61. The van der Waals surface area contributed by atoms with Crippen LogP contribution in [0.25, 0.3) is 0 Å². The number of hydrogen-bond donors (Lipinski definition) is 1. The molecular weight excluding hydrogens is 285 g/mol. The van der Waals surface area contributed by atoms with Crippen molar-refractivity contribution in [2.24, 2.45) is 0 Å². The van der Waals surface area contributed by atoms with Crippen LogP contribution in [0.4, 0.5) is 5.82 Å². The van der Waals surface area contributed by atoms with Crippen molar-refractivity contribution in [3.05, 3.63) is 46.1 Å². The van der Waals surface area contributed by atoms with Gasteiger partial charge < -0.3 is 5.32 Å². The molecule has 1 aromatic carbocycles. The number of nitrogens with one attached hydrogen (secondary N) is 1. The van der Waals surface area contributed by atoms with Gasteiger partial charge in [-0.15, -0.1) is 0 Å². The number of anilines is 1. The highest BCUT2D eigenvalue weighted by molar-refractivity contribution is 6.33. The van der Waals surface area contributed by atoms with Crippen LogP contribution in [0.2, 0.25) is 10.0 Å². The van der Waals surface area contributed by atoms with Gasteiger partial charge in [0, 0.05) is 17.6 Å². The van der Waals surface area contributed by atoms with Crippen molar-refractivity contribution < 1.29 is 4.79 Å². The number of aromatic nitrogens is 2. The molecule has 1 heterocycles. The van der Waals surface area contributed by atoms with E-state index in [1.54, 1.807) is 17.8 Å². The first-order valence-electron chi connectivity index (χ1n) is 5.85. The first kappa shape index (κ1) is 13.9. The zero-order valence-electron chi connectivity index (χ0n) is 10.4. The van der Waals surface area contributed by atoms with Crippen molar-refractivity contribution in [2.75, 3.05) is 5.32 Å². The van der Waals surface area contributed by atoms with Gasteiger partial charge in [-0.1, -0.05) is 42.3 Å². The minimum atomic E-state index is -0.112. The van der Waals surface area contributed by atoms with E-state index in [0.29, 0.717) is 28.8 Å². The van der Waals surface area contributed by atoms with Gasteiger partial charge in [0.15, 0.2) is 5.82 Å². The molecule has 19 heavy (non-hydrogen) atoms. The minimum Gasteiger partial charge on any atom is -0.308 e. The summed E-state index contributed by atoms with van der Waals surface area (Å²) in [5.74, 6) is 0.279. The van der Waals surface area contributed by atoms with Gasteiger partial charge in [-0.2, -0.15) is 5.10 Å². The summed E-state index contributed by atoms with van der Waals surface area (Å²) in [6.45, 7) is 2.34. The van der Waals surface area contributed by atoms with Crippen molar-refractivity contribution in [1.29, 1.82) is 0 Å². The Balaban J connectivity index is 2.11. The molecule has 0 fully saturated rings. The fourth-order valence-electron chi connectivity index (χ4n) is 1.56. The fourth-order valence-corrected chi connectivity index (χ4v) is 1.88. The average Bonchev–Trinajstić information content (AvgIpc) is 2.72. The molecule has 1 aromatic heterocycles. The van der Waals surface area contributed by atoms with Crippen molar-refractivity contribution >= 4 is 34.9 Å². The maximum absolute atomic E-state index is 11.3. The smallest absolute Gasteiger partial charge is 0.225 e. The molecular formula is C13H13Cl2N3O. The lowest BCUT2D eigenvalue weighted by atomic mass is 10.2. The summed E-state index contributed by atoms with van der Waals surface area (Å²) in [7, 11) is 0. The summed E-state index contributed by atoms with van der Waals surface area (Å²) in [6.07, 6.45) is 2.07. The monoisotopic (exact) mass is 297 g/mol. The van der Waals surface area contributed by atoms with Crippen LogP contribution >= 0.6 is 23.2 Å². The van der Waals surface area contributed by atoms with E-state index in [4.69, 9.17) is 23.2 Å². The summed E-state index contributed by atoms with van der Waals surface area (Å²) in [4.78, 5) is 11.3. The molecule has 6 heteroatoms. The molecule has 1 amide bonds. The molecule has 0 unspecified atom stereocenters. The highest BCUT2D eigenvalue weighted by Gasteiger charge is 2.09. The Bertz CT molecular complexity index is 578. The van der Waals surface area contributed by atoms with Crippen LogP contribution in [0.3, 0.4) is 0 Å². The third kappa shape index (κ3) is 3.72. The lowest BCUT2D eigenvalue weighted by Gasteiger charge is -2.02. The molecule has 0 bridgehead atoms. The predicted octanol–water partition coefficient (Wildman–Crippen LogP) is 3.59. The molecule has 0 saturated heterocycles. The lowest BCUT2D eigenvalue weighted by molar-refractivity contribution is -0.115. The Hall–Kier alpha value is -1.52. The average molecular weight is 298 g/mol. The van der Waals surface area contributed by atoms with E-state index in [1.165, 1.54) is 0 Å². The Kier molecular flexibility index (Phi) is 4.45. The normalized spacial score (nSPS) is 10.5. The largest absolute Gasteiger partial charge is 0.308 e. The van der Waals surface area contributed by atoms with Gasteiger partial charge in [-0.05, 0) is 17.7 Å². The van der Waals surface area contributed by atoms with Crippen LogP contribution in [0.1, 0.15) is 18.9 Å². The summed E-state index contributed by atoms with van der Waals surface area (Å²) in [5, 5.41) is 8.01. The van der Waals surface area contributed by atoms with E-state index in [0.717, 1.165) is 5.56 Å². The zero-order chi connectivity index (χ0) is 13.8. The molecule has 100 valence electrons. The van der Waals surface area contributed by atoms with Gasteiger partial charge in [0.05, 0.1) is 6.54 Å². The number of nitrogens with zero attached hydrogens (tertiary/aromatic N) is 2. The number of amides is 1. The van der Waals surface area contributed by atoms with Crippen molar-refractivity contribution in [1.82, 2.24) is 9.78 Å². The van der Waals surface area contributed by atoms with E-state index < -0.39 is 0 Å². The number of benzene rings is 1. The lowest BCUT2D eigenvalue weighted by Crippen LogP contribution is -2.11. The van der Waals surface area contributed by atoms with Gasteiger partial charge in [0.2, 0.25) is 5.91 Å². The molecule has 2 aromatic rings. The maximum Gasteiger partial charge on any atom is 0.225 e. The highest BCUT2D eigenvalue weighted by atomic mass is 35.5. The van der Waals surface area contributed by atoms with Crippen molar-refractivity contribution in [3.8, 4) is 0 Å². The van der Waals surface area contributed by atoms with Crippen LogP contribution in [0, 0.1) is 0 Å². The molecule has 0 atom stereocenters. The fraction of sp³-hybridized carbons (Fsp3) is 0.231. The number of rotatable bonds is 4. The molecule has 4 nitrogen and oxygen atoms in total. The van der Waals surface area contributed by atoms with Crippen LogP contribution in [-0.2, 0) is 11.3 Å². The third-order valence-corrected chi connectivity index (χ3v) is 3.08. The minimum absolute atomic E-state index is 0.112. The van der Waals surface area contributed by atoms with Gasteiger partial charge in [-0.25, -0.2) is 0 Å². The van der Waals surface area contributed by atoms with E-state index in [1.807, 2.05) is 24.3 Å².